The number of amides is 3. The highest BCUT2D eigenvalue weighted by Crippen LogP contribution is 2.30. The number of piperidine rings is 1. The molecule has 2 heterocycles. The second kappa shape index (κ2) is 11.9. The summed E-state index contributed by atoms with van der Waals surface area (Å²) in [5, 5.41) is 2.34. The number of rotatable bonds is 13. The summed E-state index contributed by atoms with van der Waals surface area (Å²) in [6.45, 7) is 6.15. The summed E-state index contributed by atoms with van der Waals surface area (Å²) >= 11 is 0. The highest BCUT2D eigenvalue weighted by Gasteiger charge is 2.39. The van der Waals surface area contributed by atoms with Crippen molar-refractivity contribution in [3.8, 4) is 0 Å². The molecule has 1 aromatic rings. The summed E-state index contributed by atoms with van der Waals surface area (Å²) in [6, 6.07) is 5.14. The van der Waals surface area contributed by atoms with E-state index >= 15 is 0 Å². The fourth-order valence-corrected chi connectivity index (χ4v) is 3.93. The molecular formula is C23H32N2O6. The van der Waals surface area contributed by atoms with Crippen LogP contribution in [0.3, 0.4) is 0 Å². The van der Waals surface area contributed by atoms with Crippen molar-refractivity contribution in [1.82, 2.24) is 10.2 Å². The Bertz CT molecular complexity index is 781. The lowest BCUT2D eigenvalue weighted by molar-refractivity contribution is -0.136. The molecular weight excluding hydrogens is 400 g/mol. The second-order valence-corrected chi connectivity index (χ2v) is 7.78. The highest BCUT2D eigenvalue weighted by molar-refractivity contribution is 6.05. The van der Waals surface area contributed by atoms with Crippen LogP contribution in [0.1, 0.15) is 54.1 Å². The molecule has 0 aromatic heterocycles. The third kappa shape index (κ3) is 6.35. The van der Waals surface area contributed by atoms with Crippen LogP contribution in [0.25, 0.3) is 0 Å². The Kier molecular flexibility index (Phi) is 8.99. The first-order valence-corrected chi connectivity index (χ1v) is 11.1. The fourth-order valence-electron chi connectivity index (χ4n) is 3.93. The fraction of sp³-hybridized carbons (Fsp3) is 0.609. The molecule has 0 spiro atoms. The van der Waals surface area contributed by atoms with Gasteiger partial charge in [0.1, 0.15) is 6.04 Å². The molecule has 0 aliphatic carbocycles. The van der Waals surface area contributed by atoms with Crippen molar-refractivity contribution in [2.45, 2.75) is 51.6 Å². The van der Waals surface area contributed by atoms with Gasteiger partial charge in [-0.25, -0.2) is 0 Å². The molecule has 1 aromatic carbocycles. The molecule has 31 heavy (non-hydrogen) atoms. The number of hydrogen-bond acceptors (Lipinski definition) is 6. The van der Waals surface area contributed by atoms with Gasteiger partial charge >= 0.3 is 0 Å². The zero-order valence-electron chi connectivity index (χ0n) is 18.2. The summed E-state index contributed by atoms with van der Waals surface area (Å²) < 4.78 is 16.4. The molecule has 8 heteroatoms. The number of carbonyl (C=O) groups is 3. The third-order valence-electron chi connectivity index (χ3n) is 5.51. The minimum absolute atomic E-state index is 0.136. The van der Waals surface area contributed by atoms with Gasteiger partial charge in [-0.05, 0) is 42.9 Å². The largest absolute Gasteiger partial charge is 0.379 e. The Hall–Kier alpha value is -2.29. The Balaban J connectivity index is 1.40. The first-order chi connectivity index (χ1) is 15.1. The van der Waals surface area contributed by atoms with E-state index in [0.717, 1.165) is 37.0 Å². The Morgan fingerprint density at radius 2 is 1.71 bits per heavy atom. The molecule has 1 unspecified atom stereocenters. The van der Waals surface area contributed by atoms with Crippen molar-refractivity contribution in [3.05, 3.63) is 34.9 Å². The summed E-state index contributed by atoms with van der Waals surface area (Å²) in [6.07, 6.45) is 3.28. The van der Waals surface area contributed by atoms with E-state index in [-0.39, 0.29) is 24.1 Å². The van der Waals surface area contributed by atoms with Crippen molar-refractivity contribution in [1.29, 1.82) is 0 Å². The predicted octanol–water partition coefficient (Wildman–Crippen LogP) is 1.84. The molecule has 3 rings (SSSR count). The van der Waals surface area contributed by atoms with Crippen LogP contribution >= 0.6 is 0 Å². The van der Waals surface area contributed by atoms with Crippen LogP contribution in [0.4, 0.5) is 0 Å². The zero-order valence-corrected chi connectivity index (χ0v) is 18.2. The van der Waals surface area contributed by atoms with Crippen molar-refractivity contribution < 1.29 is 28.6 Å². The maximum absolute atomic E-state index is 12.8. The van der Waals surface area contributed by atoms with E-state index in [1.54, 1.807) is 4.90 Å². The third-order valence-corrected chi connectivity index (χ3v) is 5.51. The number of aryl methyl sites for hydroxylation is 1. The van der Waals surface area contributed by atoms with E-state index in [9.17, 15) is 14.4 Å². The van der Waals surface area contributed by atoms with E-state index in [1.807, 2.05) is 18.2 Å². The van der Waals surface area contributed by atoms with E-state index in [4.69, 9.17) is 14.2 Å². The summed E-state index contributed by atoms with van der Waals surface area (Å²) in [5.74, 6) is -0.796. The number of hydrogen-bond donors (Lipinski definition) is 1. The highest BCUT2D eigenvalue weighted by atomic mass is 16.5. The number of nitrogens with one attached hydrogen (secondary N) is 1. The van der Waals surface area contributed by atoms with Crippen molar-refractivity contribution >= 4 is 17.7 Å². The van der Waals surface area contributed by atoms with Gasteiger partial charge in [-0.15, -0.1) is 0 Å². The predicted molar refractivity (Wildman–Crippen MR) is 114 cm³/mol. The van der Waals surface area contributed by atoms with Gasteiger partial charge in [-0.2, -0.15) is 0 Å². The van der Waals surface area contributed by atoms with Crippen molar-refractivity contribution in [2.24, 2.45) is 0 Å². The average Bonchev–Trinajstić information content (AvgIpc) is 3.09. The standard InChI is InChI=1S/C23H32N2O6/c1-2-10-29-12-14-31-15-13-30-11-4-6-17-5-3-7-18-19(17)16-25(23(18)28)20-8-9-21(26)24-22(20)27/h3,5,7,20H,2,4,6,8-16H2,1H3,(H,24,26,27). The Morgan fingerprint density at radius 3 is 2.42 bits per heavy atom. The average molecular weight is 433 g/mol. The van der Waals surface area contributed by atoms with Crippen LogP contribution in [-0.4, -0.2) is 68.3 Å². The van der Waals surface area contributed by atoms with Gasteiger partial charge in [0.2, 0.25) is 11.8 Å². The topological polar surface area (TPSA) is 94.2 Å². The minimum Gasteiger partial charge on any atom is -0.379 e. The van der Waals surface area contributed by atoms with Gasteiger partial charge in [-0.1, -0.05) is 19.1 Å². The Labute approximate surface area is 183 Å². The molecule has 3 amide bonds. The van der Waals surface area contributed by atoms with Crippen LogP contribution < -0.4 is 5.32 Å². The van der Waals surface area contributed by atoms with Gasteiger partial charge in [0, 0.05) is 31.7 Å². The van der Waals surface area contributed by atoms with Crippen molar-refractivity contribution in [3.63, 3.8) is 0 Å². The zero-order chi connectivity index (χ0) is 22.1. The van der Waals surface area contributed by atoms with E-state index in [0.29, 0.717) is 51.6 Å². The first kappa shape index (κ1) is 23.4. The second-order valence-electron chi connectivity index (χ2n) is 7.78. The van der Waals surface area contributed by atoms with Crippen LogP contribution in [-0.2, 0) is 36.8 Å². The van der Waals surface area contributed by atoms with E-state index < -0.39 is 6.04 Å². The molecule has 1 N–H and O–H groups in total. The lowest BCUT2D eigenvalue weighted by Crippen LogP contribution is -2.52. The summed E-state index contributed by atoms with van der Waals surface area (Å²) in [5.41, 5.74) is 2.74. The lowest BCUT2D eigenvalue weighted by atomic mass is 10.00. The normalized spacial score (nSPS) is 18.4. The number of benzene rings is 1. The first-order valence-electron chi connectivity index (χ1n) is 11.1. The van der Waals surface area contributed by atoms with Gasteiger partial charge in [0.25, 0.3) is 5.91 Å². The van der Waals surface area contributed by atoms with Gasteiger partial charge in [-0.3, -0.25) is 19.7 Å². The Morgan fingerprint density at radius 1 is 1.00 bits per heavy atom. The molecule has 2 aliphatic rings. The molecule has 0 radical (unpaired) electrons. The number of fused-ring (bicyclic) bond motifs is 1. The molecule has 0 bridgehead atoms. The van der Waals surface area contributed by atoms with Gasteiger partial charge in [0.15, 0.2) is 0 Å². The van der Waals surface area contributed by atoms with Crippen LogP contribution in [0.15, 0.2) is 18.2 Å². The molecule has 170 valence electrons. The lowest BCUT2D eigenvalue weighted by Gasteiger charge is -2.29. The number of imide groups is 1. The van der Waals surface area contributed by atoms with Crippen LogP contribution in [0, 0.1) is 0 Å². The van der Waals surface area contributed by atoms with Gasteiger partial charge in [0.05, 0.1) is 26.4 Å². The van der Waals surface area contributed by atoms with Crippen LogP contribution in [0.2, 0.25) is 0 Å². The number of ether oxygens (including phenoxy) is 3. The number of nitrogens with zero attached hydrogens (tertiary/aromatic N) is 1. The SMILES string of the molecule is CCCOCCOCCOCCCc1cccc2c1CN(C1CCC(=O)NC1=O)C2=O. The summed E-state index contributed by atoms with van der Waals surface area (Å²) in [7, 11) is 0. The molecule has 1 saturated heterocycles. The molecule has 1 fully saturated rings. The molecule has 2 aliphatic heterocycles. The van der Waals surface area contributed by atoms with Gasteiger partial charge < -0.3 is 19.1 Å². The maximum Gasteiger partial charge on any atom is 0.255 e. The molecule has 0 saturated carbocycles. The quantitative estimate of drug-likeness (QED) is 0.378. The smallest absolute Gasteiger partial charge is 0.255 e. The monoisotopic (exact) mass is 432 g/mol. The van der Waals surface area contributed by atoms with Crippen molar-refractivity contribution in [2.75, 3.05) is 39.6 Å². The number of carbonyl (C=O) groups excluding carboxylic acids is 3. The maximum atomic E-state index is 12.8. The minimum atomic E-state index is -0.582. The van der Waals surface area contributed by atoms with E-state index in [2.05, 4.69) is 12.2 Å². The van der Waals surface area contributed by atoms with Crippen LogP contribution in [0.5, 0.6) is 0 Å². The summed E-state index contributed by atoms with van der Waals surface area (Å²) in [4.78, 5) is 38.0. The molecule has 8 nitrogen and oxygen atoms in total. The van der Waals surface area contributed by atoms with E-state index in [1.165, 1.54) is 0 Å². The molecule has 1 atom stereocenters.